The largest absolute Gasteiger partial charge is 0.494 e. The number of unbranched alkanes of at least 4 members (excludes halogenated alkanes) is 1. The number of hydrogen-bond acceptors (Lipinski definition) is 6. The highest BCUT2D eigenvalue weighted by Crippen LogP contribution is 2.32. The van der Waals surface area contributed by atoms with E-state index < -0.39 is 6.09 Å². The lowest BCUT2D eigenvalue weighted by Crippen LogP contribution is -2.50. The quantitative estimate of drug-likeness (QED) is 0.341. The summed E-state index contributed by atoms with van der Waals surface area (Å²) in [6.45, 7) is 8.58. The Morgan fingerprint density at radius 1 is 1.00 bits per heavy atom. The predicted octanol–water partition coefficient (Wildman–Crippen LogP) is 4.89. The third-order valence-corrected chi connectivity index (χ3v) is 8.37. The van der Waals surface area contributed by atoms with Crippen molar-refractivity contribution < 1.29 is 23.9 Å². The maximum absolute atomic E-state index is 13.2. The fraction of sp³-hybridized carbons (Fsp3) is 0.545. The van der Waals surface area contributed by atoms with Gasteiger partial charge in [0.15, 0.2) is 0 Å². The van der Waals surface area contributed by atoms with Crippen molar-refractivity contribution in [2.75, 3.05) is 51.3 Å². The number of rotatable bonds is 13. The topological polar surface area (TPSA) is 91.4 Å². The molecule has 0 bridgehead atoms. The van der Waals surface area contributed by atoms with Gasteiger partial charge in [0.2, 0.25) is 5.91 Å². The van der Waals surface area contributed by atoms with Gasteiger partial charge in [-0.1, -0.05) is 32.0 Å². The van der Waals surface area contributed by atoms with Crippen LogP contribution in [-0.4, -0.2) is 86.2 Å². The molecule has 9 heteroatoms. The molecule has 1 atom stereocenters. The summed E-state index contributed by atoms with van der Waals surface area (Å²) in [6.07, 6.45) is 4.84. The Morgan fingerprint density at radius 2 is 1.71 bits per heavy atom. The molecule has 2 aliphatic heterocycles. The number of alkyl carbamates (subject to hydrolysis) is 1. The number of likely N-dealkylation sites (N-methyl/N-ethyl adjacent to an activating group) is 1. The SMILES string of the molecule is CCN(CC)CC(CCCCOc1ccc(C(=O)N2CCC(N3C(=O)CCc4ccccc43)CC2)cc1)OC(=O)NC. The molecule has 1 N–H and O–H groups in total. The number of carbonyl (C=O) groups is 3. The van der Waals surface area contributed by atoms with Crippen molar-refractivity contribution in [3.05, 3.63) is 59.7 Å². The molecule has 2 heterocycles. The van der Waals surface area contributed by atoms with Gasteiger partial charge in [0, 0.05) is 50.4 Å². The molecule has 1 fully saturated rings. The molecule has 2 aromatic rings. The molecule has 4 rings (SSSR count). The zero-order valence-corrected chi connectivity index (χ0v) is 25.3. The average Bonchev–Trinajstić information content (AvgIpc) is 3.03. The van der Waals surface area contributed by atoms with Gasteiger partial charge in [0.1, 0.15) is 11.9 Å². The van der Waals surface area contributed by atoms with Gasteiger partial charge in [-0.2, -0.15) is 0 Å². The van der Waals surface area contributed by atoms with Crippen molar-refractivity contribution in [1.29, 1.82) is 0 Å². The van der Waals surface area contributed by atoms with Crippen LogP contribution in [0, 0.1) is 0 Å². The lowest BCUT2D eigenvalue weighted by Gasteiger charge is -2.41. The molecule has 0 radical (unpaired) electrons. The third-order valence-electron chi connectivity index (χ3n) is 8.37. The summed E-state index contributed by atoms with van der Waals surface area (Å²) in [5.74, 6) is 0.931. The van der Waals surface area contributed by atoms with Gasteiger partial charge in [0.25, 0.3) is 5.91 Å². The molecule has 2 aromatic carbocycles. The number of fused-ring (bicyclic) bond motifs is 1. The number of likely N-dealkylation sites (tertiary alicyclic amines) is 1. The molecular weight excluding hydrogens is 532 g/mol. The summed E-state index contributed by atoms with van der Waals surface area (Å²) in [5.41, 5.74) is 2.91. The lowest BCUT2D eigenvalue weighted by atomic mass is 9.95. The fourth-order valence-corrected chi connectivity index (χ4v) is 5.89. The van der Waals surface area contributed by atoms with Crippen molar-refractivity contribution in [1.82, 2.24) is 15.1 Å². The van der Waals surface area contributed by atoms with Crippen molar-refractivity contribution >= 4 is 23.6 Å². The number of nitrogens with one attached hydrogen (secondary N) is 1. The van der Waals surface area contributed by atoms with E-state index >= 15 is 0 Å². The summed E-state index contributed by atoms with van der Waals surface area (Å²) in [5, 5.41) is 2.54. The number of piperidine rings is 1. The molecule has 9 nitrogen and oxygen atoms in total. The van der Waals surface area contributed by atoms with E-state index in [1.54, 1.807) is 7.05 Å². The third kappa shape index (κ3) is 8.25. The number of benzene rings is 2. The normalized spacial score (nSPS) is 16.2. The smallest absolute Gasteiger partial charge is 0.407 e. The molecule has 2 aliphatic rings. The second-order valence-corrected chi connectivity index (χ2v) is 11.0. The number of hydrogen-bond donors (Lipinski definition) is 1. The minimum absolute atomic E-state index is 0.0146. The summed E-state index contributed by atoms with van der Waals surface area (Å²) in [4.78, 5) is 43.9. The number of amides is 3. The van der Waals surface area contributed by atoms with Crippen LogP contribution in [0.15, 0.2) is 48.5 Å². The first-order valence-corrected chi connectivity index (χ1v) is 15.5. The van der Waals surface area contributed by atoms with E-state index in [4.69, 9.17) is 9.47 Å². The first-order valence-electron chi connectivity index (χ1n) is 15.5. The fourth-order valence-electron chi connectivity index (χ4n) is 5.89. The molecule has 0 aromatic heterocycles. The molecule has 3 amide bonds. The van der Waals surface area contributed by atoms with Gasteiger partial charge in [-0.3, -0.25) is 9.59 Å². The summed E-state index contributed by atoms with van der Waals surface area (Å²) in [6, 6.07) is 15.6. The van der Waals surface area contributed by atoms with Crippen LogP contribution in [0.25, 0.3) is 0 Å². The highest BCUT2D eigenvalue weighted by atomic mass is 16.6. The standard InChI is InChI=1S/C33H46N4O5/c1-4-35(5-2)24-29(42-33(40)34-3)11-8-9-23-41-28-16-13-26(14-17-28)32(39)36-21-19-27(20-22-36)37-30-12-7-6-10-25(30)15-18-31(37)38/h6-7,10,12-14,16-17,27,29H,4-5,8-9,11,15,18-24H2,1-3H3,(H,34,40). The van der Waals surface area contributed by atoms with Crippen molar-refractivity contribution in [2.45, 2.75) is 70.9 Å². The Hall–Kier alpha value is -3.59. The highest BCUT2D eigenvalue weighted by Gasteiger charge is 2.33. The van der Waals surface area contributed by atoms with Gasteiger partial charge >= 0.3 is 6.09 Å². The monoisotopic (exact) mass is 578 g/mol. The van der Waals surface area contributed by atoms with Crippen LogP contribution in [0.5, 0.6) is 5.75 Å². The van der Waals surface area contributed by atoms with Gasteiger partial charge in [-0.15, -0.1) is 0 Å². The summed E-state index contributed by atoms with van der Waals surface area (Å²) < 4.78 is 11.5. The number of carbonyl (C=O) groups excluding carboxylic acids is 3. The van der Waals surface area contributed by atoms with E-state index in [0.717, 1.165) is 69.6 Å². The van der Waals surface area contributed by atoms with Crippen LogP contribution in [0.1, 0.15) is 68.3 Å². The Balaban J connectivity index is 1.20. The second kappa shape index (κ2) is 15.6. The molecular formula is C33H46N4O5. The predicted molar refractivity (Wildman–Crippen MR) is 164 cm³/mol. The molecule has 0 spiro atoms. The maximum Gasteiger partial charge on any atom is 0.407 e. The van der Waals surface area contributed by atoms with E-state index in [9.17, 15) is 14.4 Å². The molecule has 1 unspecified atom stereocenters. The van der Waals surface area contributed by atoms with E-state index in [1.165, 1.54) is 5.56 Å². The number of aryl methyl sites for hydroxylation is 1. The Kier molecular flexibility index (Phi) is 11.6. The van der Waals surface area contributed by atoms with Crippen molar-refractivity contribution in [3.63, 3.8) is 0 Å². The number of nitrogens with zero attached hydrogens (tertiary/aromatic N) is 3. The van der Waals surface area contributed by atoms with Crippen LogP contribution in [0.2, 0.25) is 0 Å². The molecule has 1 saturated heterocycles. The molecule has 42 heavy (non-hydrogen) atoms. The average molecular weight is 579 g/mol. The zero-order chi connectivity index (χ0) is 29.9. The molecule has 228 valence electrons. The highest BCUT2D eigenvalue weighted by molar-refractivity contribution is 5.97. The van der Waals surface area contributed by atoms with E-state index in [-0.39, 0.29) is 24.0 Å². The molecule has 0 saturated carbocycles. The Morgan fingerprint density at radius 3 is 2.40 bits per heavy atom. The van der Waals surface area contributed by atoms with Crippen molar-refractivity contribution in [3.8, 4) is 5.75 Å². The second-order valence-electron chi connectivity index (χ2n) is 11.0. The van der Waals surface area contributed by atoms with Crippen molar-refractivity contribution in [2.24, 2.45) is 0 Å². The number of anilines is 1. The van der Waals surface area contributed by atoms with Crippen LogP contribution in [0.3, 0.4) is 0 Å². The first kappa shape index (κ1) is 31.3. The minimum Gasteiger partial charge on any atom is -0.494 e. The van der Waals surface area contributed by atoms with Crippen LogP contribution >= 0.6 is 0 Å². The summed E-state index contributed by atoms with van der Waals surface area (Å²) >= 11 is 0. The maximum atomic E-state index is 13.2. The van der Waals surface area contributed by atoms with Crippen LogP contribution in [0.4, 0.5) is 10.5 Å². The van der Waals surface area contributed by atoms with E-state index in [1.807, 2.05) is 52.3 Å². The Labute approximate surface area is 250 Å². The van der Waals surface area contributed by atoms with Crippen LogP contribution in [-0.2, 0) is 16.0 Å². The van der Waals surface area contributed by atoms with E-state index in [2.05, 4.69) is 30.1 Å². The summed E-state index contributed by atoms with van der Waals surface area (Å²) in [7, 11) is 1.57. The Bertz CT molecular complexity index is 1180. The van der Waals surface area contributed by atoms with Gasteiger partial charge < -0.3 is 29.5 Å². The minimum atomic E-state index is -0.398. The first-order chi connectivity index (χ1) is 20.4. The van der Waals surface area contributed by atoms with Crippen LogP contribution < -0.4 is 15.0 Å². The zero-order valence-electron chi connectivity index (χ0n) is 25.3. The van der Waals surface area contributed by atoms with Gasteiger partial charge in [-0.25, -0.2) is 4.79 Å². The molecule has 0 aliphatic carbocycles. The van der Waals surface area contributed by atoms with Gasteiger partial charge in [-0.05, 0) is 87.5 Å². The number of para-hydroxylation sites is 1. The lowest BCUT2D eigenvalue weighted by molar-refractivity contribution is -0.119. The van der Waals surface area contributed by atoms with Gasteiger partial charge in [0.05, 0.1) is 6.61 Å². The number of ether oxygens (including phenoxy) is 2. The van der Waals surface area contributed by atoms with E-state index in [0.29, 0.717) is 31.7 Å².